The van der Waals surface area contributed by atoms with E-state index in [-0.39, 0.29) is 23.7 Å². The van der Waals surface area contributed by atoms with Crippen molar-refractivity contribution in [1.82, 2.24) is 5.32 Å². The number of urea groups is 1. The third-order valence-corrected chi connectivity index (χ3v) is 4.26. The average molecular weight is 407 g/mol. The van der Waals surface area contributed by atoms with E-state index in [1.807, 2.05) is 0 Å². The second kappa shape index (κ2) is 9.43. The lowest BCUT2D eigenvalue weighted by molar-refractivity contribution is 0.101. The number of benzene rings is 2. The summed E-state index contributed by atoms with van der Waals surface area (Å²) in [6.45, 7) is -0.325. The number of nitrogens with one attached hydrogen (secondary N) is 2. The van der Waals surface area contributed by atoms with Gasteiger partial charge in [0.2, 0.25) is 0 Å². The fourth-order valence-corrected chi connectivity index (χ4v) is 2.94. The molecular weight excluding hydrogens is 385 g/mol. The summed E-state index contributed by atoms with van der Waals surface area (Å²) in [5, 5.41) is 14.7. The van der Waals surface area contributed by atoms with E-state index in [0.717, 1.165) is 5.56 Å². The summed E-state index contributed by atoms with van der Waals surface area (Å²) in [4.78, 5) is 24.5. The lowest BCUT2D eigenvalue weighted by Gasteiger charge is -2.17. The summed E-state index contributed by atoms with van der Waals surface area (Å²) in [5.74, 6) is -1.07. The molecule has 2 aromatic rings. The zero-order valence-corrected chi connectivity index (χ0v) is 16.3. The molecular formula is C19H22FN3O4S. The smallest absolute Gasteiger partial charge is 0.319 e. The topological polar surface area (TPSA) is 108 Å². The summed E-state index contributed by atoms with van der Waals surface area (Å²) in [6.07, 6.45) is 2.98. The number of hydrogen-bond acceptors (Lipinski definition) is 4. The van der Waals surface area contributed by atoms with Crippen molar-refractivity contribution in [1.29, 1.82) is 0 Å². The number of rotatable bonds is 6. The lowest BCUT2D eigenvalue weighted by Crippen LogP contribution is -2.41. The quantitative estimate of drug-likeness (QED) is 0.683. The number of nitrogens with zero attached hydrogens (tertiary/aromatic N) is 1. The predicted molar refractivity (Wildman–Crippen MR) is 106 cm³/mol. The van der Waals surface area contributed by atoms with Gasteiger partial charge in [-0.3, -0.25) is 4.79 Å². The van der Waals surface area contributed by atoms with Crippen molar-refractivity contribution >= 4 is 27.4 Å². The standard InChI is InChI=1S/C19H22FN3O4S/c1-28(2,27)23-18(25)16-5-3-4-6-17(16)22-19(26)21-15(12-24)11-13-7-9-14(20)10-8-13/h3-10,15,24H,11-12H2,1-2H3,(H2,21,22,26). The Labute approximate surface area is 163 Å². The van der Waals surface area contributed by atoms with Crippen molar-refractivity contribution < 1.29 is 23.3 Å². The Morgan fingerprint density at radius 2 is 1.79 bits per heavy atom. The van der Waals surface area contributed by atoms with Gasteiger partial charge in [-0.05, 0) is 36.2 Å². The summed E-state index contributed by atoms with van der Waals surface area (Å²) in [5.41, 5.74) is 1.06. The minimum absolute atomic E-state index is 0.105. The molecule has 2 aromatic carbocycles. The Kier molecular flexibility index (Phi) is 7.24. The molecule has 9 heteroatoms. The van der Waals surface area contributed by atoms with Crippen LogP contribution in [0.2, 0.25) is 0 Å². The van der Waals surface area contributed by atoms with E-state index in [4.69, 9.17) is 0 Å². The molecule has 3 amide bonds. The van der Waals surface area contributed by atoms with Crippen molar-refractivity contribution in [3.63, 3.8) is 0 Å². The van der Waals surface area contributed by atoms with Crippen LogP contribution in [0.5, 0.6) is 0 Å². The molecule has 150 valence electrons. The number of halogens is 1. The SMILES string of the molecule is CS(C)(=O)=NC(=O)c1ccccc1NC(=O)NC(CO)Cc1ccc(F)cc1. The first-order valence-corrected chi connectivity index (χ1v) is 10.7. The Hall–Kier alpha value is -2.78. The number of para-hydroxylation sites is 1. The van der Waals surface area contributed by atoms with Gasteiger partial charge < -0.3 is 15.7 Å². The van der Waals surface area contributed by atoms with E-state index in [1.165, 1.54) is 36.8 Å². The molecule has 0 saturated carbocycles. The van der Waals surface area contributed by atoms with E-state index in [1.54, 1.807) is 24.3 Å². The van der Waals surface area contributed by atoms with Gasteiger partial charge in [-0.1, -0.05) is 24.3 Å². The number of anilines is 1. The van der Waals surface area contributed by atoms with Crippen molar-refractivity contribution in [3.8, 4) is 0 Å². The zero-order valence-electron chi connectivity index (χ0n) is 15.5. The Morgan fingerprint density at radius 3 is 2.39 bits per heavy atom. The minimum atomic E-state index is -2.64. The minimum Gasteiger partial charge on any atom is -0.394 e. The maximum Gasteiger partial charge on any atom is 0.319 e. The number of aliphatic hydroxyl groups excluding tert-OH is 1. The van der Waals surface area contributed by atoms with Gasteiger partial charge in [0.15, 0.2) is 0 Å². The first kappa shape index (κ1) is 21.5. The van der Waals surface area contributed by atoms with Crippen LogP contribution in [-0.2, 0) is 16.1 Å². The molecule has 28 heavy (non-hydrogen) atoms. The van der Waals surface area contributed by atoms with Gasteiger partial charge in [0, 0.05) is 22.2 Å². The normalized spacial score (nSPS) is 12.1. The van der Waals surface area contributed by atoms with E-state index in [2.05, 4.69) is 15.0 Å². The highest BCUT2D eigenvalue weighted by molar-refractivity contribution is 7.92. The van der Waals surface area contributed by atoms with Crippen LogP contribution in [0.25, 0.3) is 0 Å². The fraction of sp³-hybridized carbons (Fsp3) is 0.263. The highest BCUT2D eigenvalue weighted by atomic mass is 32.2. The van der Waals surface area contributed by atoms with Gasteiger partial charge in [-0.15, -0.1) is 0 Å². The third-order valence-electron chi connectivity index (χ3n) is 3.66. The molecule has 7 nitrogen and oxygen atoms in total. The largest absolute Gasteiger partial charge is 0.394 e. The highest BCUT2D eigenvalue weighted by Gasteiger charge is 2.16. The van der Waals surface area contributed by atoms with Crippen LogP contribution >= 0.6 is 0 Å². The fourth-order valence-electron chi connectivity index (χ4n) is 2.44. The molecule has 0 radical (unpaired) electrons. The monoisotopic (exact) mass is 407 g/mol. The van der Waals surface area contributed by atoms with Crippen molar-refractivity contribution in [2.24, 2.45) is 4.36 Å². The van der Waals surface area contributed by atoms with E-state index < -0.39 is 27.7 Å². The maximum absolute atomic E-state index is 13.0. The molecule has 0 fully saturated rings. The molecule has 0 aliphatic carbocycles. The Bertz CT molecular complexity index is 961. The second-order valence-electron chi connectivity index (χ2n) is 6.43. The van der Waals surface area contributed by atoms with E-state index >= 15 is 0 Å². The predicted octanol–water partition coefficient (Wildman–Crippen LogP) is 2.42. The summed E-state index contributed by atoms with van der Waals surface area (Å²) in [6, 6.07) is 10.7. The van der Waals surface area contributed by atoms with Crippen molar-refractivity contribution in [2.45, 2.75) is 12.5 Å². The first-order chi connectivity index (χ1) is 13.2. The number of amides is 3. The van der Waals surface area contributed by atoms with Crippen molar-refractivity contribution in [2.75, 3.05) is 24.4 Å². The Morgan fingerprint density at radius 1 is 1.14 bits per heavy atom. The van der Waals surface area contributed by atoms with Crippen LogP contribution in [0.4, 0.5) is 14.9 Å². The molecule has 0 saturated heterocycles. The molecule has 3 N–H and O–H groups in total. The zero-order chi connectivity index (χ0) is 20.7. The first-order valence-electron chi connectivity index (χ1n) is 8.41. The summed E-state index contributed by atoms with van der Waals surface area (Å²) < 4.78 is 28.4. The third kappa shape index (κ3) is 6.75. The number of carbonyl (C=O) groups excluding carboxylic acids is 2. The summed E-state index contributed by atoms with van der Waals surface area (Å²) >= 11 is 0. The van der Waals surface area contributed by atoms with Crippen LogP contribution < -0.4 is 10.6 Å². The lowest BCUT2D eigenvalue weighted by atomic mass is 10.1. The van der Waals surface area contributed by atoms with Crippen molar-refractivity contribution in [3.05, 3.63) is 65.5 Å². The molecule has 2 rings (SSSR count). The molecule has 0 aliphatic heterocycles. The van der Waals surface area contributed by atoms with Gasteiger partial charge in [0.1, 0.15) is 5.82 Å². The highest BCUT2D eigenvalue weighted by Crippen LogP contribution is 2.17. The van der Waals surface area contributed by atoms with E-state index in [0.29, 0.717) is 6.42 Å². The molecule has 0 heterocycles. The molecule has 0 spiro atoms. The second-order valence-corrected chi connectivity index (χ2v) is 8.98. The maximum atomic E-state index is 13.0. The molecule has 0 bridgehead atoms. The molecule has 1 atom stereocenters. The van der Waals surface area contributed by atoms with Crippen LogP contribution in [0, 0.1) is 5.82 Å². The van der Waals surface area contributed by atoms with Crippen LogP contribution in [-0.4, -0.2) is 46.4 Å². The van der Waals surface area contributed by atoms with Crippen LogP contribution in [0.15, 0.2) is 52.9 Å². The number of carbonyl (C=O) groups is 2. The number of aliphatic hydroxyl groups is 1. The van der Waals surface area contributed by atoms with E-state index in [9.17, 15) is 23.3 Å². The van der Waals surface area contributed by atoms with Gasteiger partial charge >= 0.3 is 6.03 Å². The average Bonchev–Trinajstić information content (AvgIpc) is 2.62. The summed E-state index contributed by atoms with van der Waals surface area (Å²) in [7, 11) is -2.64. The van der Waals surface area contributed by atoms with Gasteiger partial charge in [0.05, 0.1) is 23.9 Å². The van der Waals surface area contributed by atoms with Crippen LogP contribution in [0.3, 0.4) is 0 Å². The van der Waals surface area contributed by atoms with Crippen LogP contribution in [0.1, 0.15) is 15.9 Å². The molecule has 1 unspecified atom stereocenters. The number of hydrogen-bond donors (Lipinski definition) is 3. The van der Waals surface area contributed by atoms with Gasteiger partial charge in [-0.2, -0.15) is 4.36 Å². The van der Waals surface area contributed by atoms with Gasteiger partial charge in [-0.25, -0.2) is 13.4 Å². The molecule has 0 aromatic heterocycles. The van der Waals surface area contributed by atoms with Gasteiger partial charge in [0.25, 0.3) is 5.91 Å². The Balaban J connectivity index is 2.09. The molecule has 0 aliphatic rings.